The monoisotopic (exact) mass is 282 g/mol. The van der Waals surface area contributed by atoms with E-state index < -0.39 is 0 Å². The fraction of sp³-hybridized carbons (Fsp3) is 0.941. The number of carbonyl (C=O) groups is 1. The fourth-order valence-corrected chi connectivity index (χ4v) is 3.29. The van der Waals surface area contributed by atoms with Crippen molar-refractivity contribution < 1.29 is 4.79 Å². The van der Waals surface area contributed by atoms with Crippen molar-refractivity contribution in [3.8, 4) is 0 Å². The summed E-state index contributed by atoms with van der Waals surface area (Å²) in [6, 6.07) is 0.287. The van der Waals surface area contributed by atoms with Gasteiger partial charge in [-0.3, -0.25) is 4.79 Å². The van der Waals surface area contributed by atoms with E-state index in [9.17, 15) is 4.79 Å². The van der Waals surface area contributed by atoms with Gasteiger partial charge in [0.2, 0.25) is 5.91 Å². The molecule has 1 aliphatic rings. The Kier molecular flexibility index (Phi) is 7.01. The van der Waals surface area contributed by atoms with Gasteiger partial charge in [-0.15, -0.1) is 0 Å². The zero-order valence-electron chi connectivity index (χ0n) is 13.9. The molecule has 3 nitrogen and oxygen atoms in total. The Morgan fingerprint density at radius 2 is 1.75 bits per heavy atom. The van der Waals surface area contributed by atoms with Gasteiger partial charge in [-0.1, -0.05) is 46.5 Å². The lowest BCUT2D eigenvalue weighted by molar-refractivity contribution is -0.126. The average Bonchev–Trinajstić information content (AvgIpc) is 2.63. The van der Waals surface area contributed by atoms with Gasteiger partial charge in [-0.25, -0.2) is 0 Å². The number of carbonyl (C=O) groups excluding carboxylic acids is 1. The Labute approximate surface area is 125 Å². The van der Waals surface area contributed by atoms with E-state index in [0.717, 1.165) is 6.42 Å². The van der Waals surface area contributed by atoms with E-state index >= 15 is 0 Å². The van der Waals surface area contributed by atoms with Crippen molar-refractivity contribution in [2.75, 3.05) is 6.54 Å². The van der Waals surface area contributed by atoms with Crippen LogP contribution in [-0.2, 0) is 4.79 Å². The highest BCUT2D eigenvalue weighted by Gasteiger charge is 2.27. The van der Waals surface area contributed by atoms with Crippen molar-refractivity contribution in [3.63, 3.8) is 0 Å². The molecule has 0 spiro atoms. The Balaban J connectivity index is 2.49. The first kappa shape index (κ1) is 17.5. The maximum atomic E-state index is 12.4. The van der Waals surface area contributed by atoms with Gasteiger partial charge >= 0.3 is 0 Å². The maximum Gasteiger partial charge on any atom is 0.224 e. The van der Waals surface area contributed by atoms with E-state index in [1.165, 1.54) is 38.5 Å². The lowest BCUT2D eigenvalue weighted by atomic mass is 9.84. The van der Waals surface area contributed by atoms with Crippen LogP contribution in [0.4, 0.5) is 0 Å². The van der Waals surface area contributed by atoms with Crippen LogP contribution in [0.5, 0.6) is 0 Å². The van der Waals surface area contributed by atoms with E-state index in [-0.39, 0.29) is 23.3 Å². The van der Waals surface area contributed by atoms with Crippen LogP contribution < -0.4 is 11.1 Å². The molecule has 1 amide bonds. The standard InChI is InChI=1S/C17H34N2O/c1-13(14-9-7-5-6-8-10-14)19-16(20)15(12-18)11-17(2,3)4/h13-15H,5-12,18H2,1-4H3,(H,19,20)/t13-,15?/m0/s1. The quantitative estimate of drug-likeness (QED) is 0.759. The number of rotatable bonds is 5. The molecule has 0 aliphatic heterocycles. The molecule has 0 heterocycles. The third-order valence-electron chi connectivity index (χ3n) is 4.49. The molecule has 2 atom stereocenters. The van der Waals surface area contributed by atoms with E-state index in [2.05, 4.69) is 33.0 Å². The second kappa shape index (κ2) is 8.02. The molecule has 0 aromatic carbocycles. The molecule has 0 saturated heterocycles. The molecule has 3 N–H and O–H groups in total. The number of nitrogens with two attached hydrogens (primary N) is 1. The summed E-state index contributed by atoms with van der Waals surface area (Å²) in [6.07, 6.45) is 8.70. The van der Waals surface area contributed by atoms with Crippen LogP contribution in [0.25, 0.3) is 0 Å². The van der Waals surface area contributed by atoms with Crippen molar-refractivity contribution in [2.24, 2.45) is 23.0 Å². The first-order chi connectivity index (χ1) is 9.33. The summed E-state index contributed by atoms with van der Waals surface area (Å²) in [5.74, 6) is 0.747. The number of nitrogens with one attached hydrogen (secondary N) is 1. The molecule has 1 rings (SSSR count). The number of amides is 1. The van der Waals surface area contributed by atoms with Gasteiger partial charge in [0, 0.05) is 12.6 Å². The van der Waals surface area contributed by atoms with Gasteiger partial charge in [0.25, 0.3) is 0 Å². The third-order valence-corrected chi connectivity index (χ3v) is 4.49. The SMILES string of the molecule is C[C@H](NC(=O)C(CN)CC(C)(C)C)C1CCCCCC1. The van der Waals surface area contributed by atoms with Crippen LogP contribution in [0.1, 0.15) is 72.6 Å². The molecule has 20 heavy (non-hydrogen) atoms. The fourth-order valence-electron chi connectivity index (χ4n) is 3.29. The van der Waals surface area contributed by atoms with Gasteiger partial charge in [0.05, 0.1) is 5.92 Å². The largest absolute Gasteiger partial charge is 0.353 e. The highest BCUT2D eigenvalue weighted by Crippen LogP contribution is 2.27. The predicted molar refractivity (Wildman–Crippen MR) is 85.4 cm³/mol. The van der Waals surface area contributed by atoms with Crippen molar-refractivity contribution in [1.82, 2.24) is 5.32 Å². The molecule has 118 valence electrons. The summed E-state index contributed by atoms with van der Waals surface area (Å²) >= 11 is 0. The molecular weight excluding hydrogens is 248 g/mol. The van der Waals surface area contributed by atoms with Gasteiger partial charge in [0.15, 0.2) is 0 Å². The molecule has 3 heteroatoms. The highest BCUT2D eigenvalue weighted by atomic mass is 16.1. The van der Waals surface area contributed by atoms with E-state index in [1.807, 2.05) is 0 Å². The minimum absolute atomic E-state index is 0.0526. The zero-order valence-corrected chi connectivity index (χ0v) is 13.9. The van der Waals surface area contributed by atoms with E-state index in [1.54, 1.807) is 0 Å². The molecule has 1 unspecified atom stereocenters. The zero-order chi connectivity index (χ0) is 15.2. The molecular formula is C17H34N2O. The second-order valence-electron chi connectivity index (χ2n) is 7.75. The van der Waals surface area contributed by atoms with Gasteiger partial charge in [0.1, 0.15) is 0 Å². The Morgan fingerprint density at radius 1 is 1.20 bits per heavy atom. The maximum absolute atomic E-state index is 12.4. The average molecular weight is 282 g/mol. The van der Waals surface area contributed by atoms with Crippen LogP contribution in [0, 0.1) is 17.3 Å². The van der Waals surface area contributed by atoms with E-state index in [0.29, 0.717) is 12.5 Å². The first-order valence-electron chi connectivity index (χ1n) is 8.34. The van der Waals surface area contributed by atoms with Gasteiger partial charge in [-0.05, 0) is 37.5 Å². The number of hydrogen-bond acceptors (Lipinski definition) is 2. The van der Waals surface area contributed by atoms with E-state index in [4.69, 9.17) is 5.73 Å². The van der Waals surface area contributed by atoms with Crippen LogP contribution in [0.2, 0.25) is 0 Å². The van der Waals surface area contributed by atoms with Gasteiger partial charge < -0.3 is 11.1 Å². The minimum Gasteiger partial charge on any atom is -0.353 e. The smallest absolute Gasteiger partial charge is 0.224 e. The van der Waals surface area contributed by atoms with Crippen LogP contribution >= 0.6 is 0 Å². The molecule has 1 fully saturated rings. The van der Waals surface area contributed by atoms with Crippen LogP contribution in [0.15, 0.2) is 0 Å². The number of hydrogen-bond donors (Lipinski definition) is 2. The van der Waals surface area contributed by atoms with Crippen LogP contribution in [0.3, 0.4) is 0 Å². The normalized spacial score (nSPS) is 21.1. The topological polar surface area (TPSA) is 55.1 Å². The van der Waals surface area contributed by atoms with Crippen molar-refractivity contribution in [2.45, 2.75) is 78.7 Å². The third kappa shape index (κ3) is 6.25. The summed E-state index contributed by atoms with van der Waals surface area (Å²) < 4.78 is 0. The van der Waals surface area contributed by atoms with Crippen molar-refractivity contribution in [3.05, 3.63) is 0 Å². The molecule has 0 aromatic heterocycles. The first-order valence-corrected chi connectivity index (χ1v) is 8.34. The Bertz CT molecular complexity index is 288. The summed E-state index contributed by atoms with van der Waals surface area (Å²) in [6.45, 7) is 9.10. The Morgan fingerprint density at radius 3 is 2.20 bits per heavy atom. The van der Waals surface area contributed by atoms with Crippen molar-refractivity contribution >= 4 is 5.91 Å². The molecule has 0 bridgehead atoms. The predicted octanol–water partition coefficient (Wildman–Crippen LogP) is 3.47. The Hall–Kier alpha value is -0.570. The molecule has 0 aromatic rings. The summed E-state index contributed by atoms with van der Waals surface area (Å²) in [5.41, 5.74) is 5.94. The molecule has 0 radical (unpaired) electrons. The summed E-state index contributed by atoms with van der Waals surface area (Å²) in [7, 11) is 0. The lowest BCUT2D eigenvalue weighted by Gasteiger charge is -2.28. The highest BCUT2D eigenvalue weighted by molar-refractivity contribution is 5.79. The molecule has 1 saturated carbocycles. The van der Waals surface area contributed by atoms with Crippen molar-refractivity contribution in [1.29, 1.82) is 0 Å². The van der Waals surface area contributed by atoms with Gasteiger partial charge in [-0.2, -0.15) is 0 Å². The summed E-state index contributed by atoms with van der Waals surface area (Å²) in [5, 5.41) is 3.23. The summed E-state index contributed by atoms with van der Waals surface area (Å²) in [4.78, 5) is 12.4. The second-order valence-corrected chi connectivity index (χ2v) is 7.75. The minimum atomic E-state index is -0.0526. The molecule has 1 aliphatic carbocycles. The lowest BCUT2D eigenvalue weighted by Crippen LogP contribution is -2.44. The van der Waals surface area contributed by atoms with Crippen LogP contribution in [-0.4, -0.2) is 18.5 Å².